The molecule has 1 aliphatic heterocycles. The summed E-state index contributed by atoms with van der Waals surface area (Å²) < 4.78 is 6.44. The number of para-hydroxylation sites is 1. The lowest BCUT2D eigenvalue weighted by Gasteiger charge is -2.26. The Hall–Kier alpha value is -4.08. The number of methoxy groups -OCH3 is 1. The number of hydrogen-bond donors (Lipinski definition) is 0. The van der Waals surface area contributed by atoms with Crippen molar-refractivity contribution in [3.8, 4) is 5.75 Å². The quantitative estimate of drug-likeness (QED) is 0.634. The van der Waals surface area contributed by atoms with Gasteiger partial charge in [-0.25, -0.2) is 4.79 Å². The summed E-state index contributed by atoms with van der Waals surface area (Å²) in [4.78, 5) is 32.0. The molecule has 0 fully saturated rings. The molecule has 0 saturated heterocycles. The van der Waals surface area contributed by atoms with Crippen LogP contribution < -0.4 is 14.5 Å². The molecule has 2 amide bonds. The molecule has 4 rings (SSSR count). The number of anilines is 2. The molecule has 3 heterocycles. The number of hydrogen-bond acceptors (Lipinski definition) is 7. The van der Waals surface area contributed by atoms with Crippen molar-refractivity contribution in [2.45, 2.75) is 0 Å². The van der Waals surface area contributed by atoms with Crippen LogP contribution in [0.4, 0.5) is 27.8 Å². The van der Waals surface area contributed by atoms with Gasteiger partial charge in [0.1, 0.15) is 11.4 Å². The Morgan fingerprint density at radius 1 is 1.03 bits per heavy atom. The van der Waals surface area contributed by atoms with Crippen LogP contribution in [0.1, 0.15) is 10.4 Å². The molecule has 146 valence electrons. The fraction of sp³-hybridized carbons (Fsp3) is 0.158. The highest BCUT2D eigenvalue weighted by Gasteiger charge is 2.37. The van der Waals surface area contributed by atoms with E-state index in [2.05, 4.69) is 20.3 Å². The van der Waals surface area contributed by atoms with Gasteiger partial charge in [0.15, 0.2) is 17.3 Å². The number of benzene rings is 1. The summed E-state index contributed by atoms with van der Waals surface area (Å²) in [6, 6.07) is 9.96. The minimum atomic E-state index is -0.405. The molecule has 2 bridgehead atoms. The number of nitrogens with zero attached hydrogens (tertiary/aromatic N) is 7. The van der Waals surface area contributed by atoms with E-state index >= 15 is 0 Å². The van der Waals surface area contributed by atoms with E-state index in [1.807, 2.05) is 12.1 Å². The van der Waals surface area contributed by atoms with Crippen LogP contribution >= 0.6 is 0 Å². The summed E-state index contributed by atoms with van der Waals surface area (Å²) in [5.74, 6) is 0.625. The second-order valence-corrected chi connectivity index (χ2v) is 6.22. The topological polar surface area (TPSA) is 105 Å². The van der Waals surface area contributed by atoms with Crippen molar-refractivity contribution in [3.63, 3.8) is 0 Å². The van der Waals surface area contributed by atoms with Gasteiger partial charge < -0.3 is 4.74 Å². The lowest BCUT2D eigenvalue weighted by atomic mass is 10.2. The van der Waals surface area contributed by atoms with Crippen molar-refractivity contribution in [1.29, 1.82) is 0 Å². The number of fused-ring (bicyclic) bond motifs is 2. The zero-order valence-electron chi connectivity index (χ0n) is 16.0. The molecule has 0 N–H and O–H groups in total. The van der Waals surface area contributed by atoms with Gasteiger partial charge >= 0.3 is 6.03 Å². The summed E-state index contributed by atoms with van der Waals surface area (Å²) in [6.45, 7) is 0. The fourth-order valence-corrected chi connectivity index (χ4v) is 2.99. The van der Waals surface area contributed by atoms with Gasteiger partial charge in [0.2, 0.25) is 0 Å². The van der Waals surface area contributed by atoms with E-state index in [0.29, 0.717) is 22.7 Å². The maximum absolute atomic E-state index is 13.0. The molecule has 1 aliphatic rings. The van der Waals surface area contributed by atoms with Crippen molar-refractivity contribution in [1.82, 2.24) is 14.8 Å². The van der Waals surface area contributed by atoms with E-state index in [-0.39, 0.29) is 17.7 Å². The molecule has 0 atom stereocenters. The first kappa shape index (κ1) is 18.3. The molecule has 1 aromatic carbocycles. The minimum Gasteiger partial charge on any atom is -0.494 e. The van der Waals surface area contributed by atoms with Crippen molar-refractivity contribution >= 4 is 34.9 Å². The molecule has 29 heavy (non-hydrogen) atoms. The lowest BCUT2D eigenvalue weighted by Crippen LogP contribution is -2.41. The molecule has 10 nitrogen and oxygen atoms in total. The number of urea groups is 1. The Balaban J connectivity index is 1.84. The summed E-state index contributed by atoms with van der Waals surface area (Å²) in [5.41, 5.74) is 1.20. The van der Waals surface area contributed by atoms with Crippen LogP contribution in [0.25, 0.3) is 0 Å². The van der Waals surface area contributed by atoms with Crippen LogP contribution in [0.15, 0.2) is 59.0 Å². The third-order valence-corrected chi connectivity index (χ3v) is 4.49. The monoisotopic (exact) mass is 391 g/mol. The average Bonchev–Trinajstić information content (AvgIpc) is 3.11. The first-order chi connectivity index (χ1) is 14.0. The Labute approximate surface area is 166 Å². The predicted octanol–water partition coefficient (Wildman–Crippen LogP) is 3.40. The number of rotatable bonds is 4. The molecule has 10 heteroatoms. The highest BCUT2D eigenvalue weighted by molar-refractivity contribution is 6.13. The largest absolute Gasteiger partial charge is 0.494 e. The first-order valence-corrected chi connectivity index (χ1v) is 8.67. The van der Waals surface area contributed by atoms with E-state index in [4.69, 9.17) is 4.74 Å². The molecule has 0 radical (unpaired) electrons. The maximum Gasteiger partial charge on any atom is 0.330 e. The molecular weight excluding hydrogens is 374 g/mol. The van der Waals surface area contributed by atoms with Gasteiger partial charge in [-0.2, -0.15) is 4.68 Å². The number of ether oxygens (including phenoxy) is 1. The summed E-state index contributed by atoms with van der Waals surface area (Å²) in [6.07, 6.45) is 3.03. The Morgan fingerprint density at radius 3 is 2.48 bits per heavy atom. The van der Waals surface area contributed by atoms with Gasteiger partial charge in [-0.15, -0.1) is 15.3 Å². The van der Waals surface area contributed by atoms with Gasteiger partial charge in [0, 0.05) is 32.1 Å². The van der Waals surface area contributed by atoms with Gasteiger partial charge in [0.25, 0.3) is 5.91 Å². The zero-order chi connectivity index (χ0) is 20.5. The smallest absolute Gasteiger partial charge is 0.330 e. The van der Waals surface area contributed by atoms with Crippen molar-refractivity contribution in [2.75, 3.05) is 31.0 Å². The molecule has 2 aromatic heterocycles. The SMILES string of the molecule is COc1ccccc1N=Nc1c2nn(C(=O)c3ccncc3)c1N(C)C(=O)N2C. The number of pyridine rings is 1. The normalized spacial score (nSPS) is 13.3. The second kappa shape index (κ2) is 7.15. The van der Waals surface area contributed by atoms with Crippen LogP contribution in [-0.2, 0) is 0 Å². The van der Waals surface area contributed by atoms with E-state index in [1.165, 1.54) is 22.2 Å². The summed E-state index contributed by atoms with van der Waals surface area (Å²) in [5, 5.41) is 12.9. The predicted molar refractivity (Wildman–Crippen MR) is 106 cm³/mol. The van der Waals surface area contributed by atoms with Crippen molar-refractivity contribution < 1.29 is 14.3 Å². The van der Waals surface area contributed by atoms with E-state index < -0.39 is 5.91 Å². The fourth-order valence-electron chi connectivity index (χ4n) is 2.99. The third kappa shape index (κ3) is 3.00. The van der Waals surface area contributed by atoms with E-state index in [1.54, 1.807) is 45.5 Å². The van der Waals surface area contributed by atoms with Crippen LogP contribution in [0, 0.1) is 0 Å². The minimum absolute atomic E-state index is 0.239. The lowest BCUT2D eigenvalue weighted by molar-refractivity contribution is 0.0947. The number of carbonyl (C=O) groups excluding carboxylic acids is 2. The maximum atomic E-state index is 13.0. The van der Waals surface area contributed by atoms with Gasteiger partial charge in [-0.3, -0.25) is 19.6 Å². The molecule has 0 spiro atoms. The number of aromatic nitrogens is 3. The molecule has 0 aliphatic carbocycles. The Morgan fingerprint density at radius 2 is 1.76 bits per heavy atom. The average molecular weight is 391 g/mol. The molecule has 0 unspecified atom stereocenters. The van der Waals surface area contributed by atoms with Crippen LogP contribution in [-0.4, -0.2) is 47.9 Å². The third-order valence-electron chi connectivity index (χ3n) is 4.49. The molecular formula is C19H17N7O3. The first-order valence-electron chi connectivity index (χ1n) is 8.67. The number of azo groups is 1. The second-order valence-electron chi connectivity index (χ2n) is 6.22. The van der Waals surface area contributed by atoms with Gasteiger partial charge in [-0.1, -0.05) is 12.1 Å². The highest BCUT2D eigenvalue weighted by Crippen LogP contribution is 2.43. The van der Waals surface area contributed by atoms with Crippen molar-refractivity contribution in [3.05, 3.63) is 54.4 Å². The van der Waals surface area contributed by atoms with Crippen LogP contribution in [0.3, 0.4) is 0 Å². The van der Waals surface area contributed by atoms with Gasteiger partial charge in [-0.05, 0) is 24.3 Å². The van der Waals surface area contributed by atoms with E-state index in [9.17, 15) is 9.59 Å². The van der Waals surface area contributed by atoms with Gasteiger partial charge in [0.05, 0.1) is 7.11 Å². The zero-order valence-corrected chi connectivity index (χ0v) is 16.0. The van der Waals surface area contributed by atoms with Crippen LogP contribution in [0.5, 0.6) is 5.75 Å². The Bertz CT molecular complexity index is 1120. The highest BCUT2D eigenvalue weighted by atomic mass is 16.5. The number of carbonyl (C=O) groups is 2. The summed E-state index contributed by atoms with van der Waals surface area (Å²) in [7, 11) is 4.66. The number of amides is 2. The molecule has 3 aromatic rings. The Kier molecular flexibility index (Phi) is 4.51. The standard InChI is InChI=1S/C19H17N7O3/c1-24-16-15(22-21-13-6-4-5-7-14(13)29-3)17(25(2)19(24)28)26(23-16)18(27)12-8-10-20-11-9-12/h4-11H,1-3H3. The van der Waals surface area contributed by atoms with E-state index in [0.717, 1.165) is 4.68 Å². The van der Waals surface area contributed by atoms with Crippen LogP contribution in [0.2, 0.25) is 0 Å². The molecule has 0 saturated carbocycles. The summed E-state index contributed by atoms with van der Waals surface area (Å²) >= 11 is 0. The van der Waals surface area contributed by atoms with Crippen molar-refractivity contribution in [2.24, 2.45) is 10.2 Å².